The van der Waals surface area contributed by atoms with Crippen molar-refractivity contribution >= 4 is 12.0 Å². The summed E-state index contributed by atoms with van der Waals surface area (Å²) >= 11 is 0. The Hall–Kier alpha value is -1.85. The van der Waals surface area contributed by atoms with E-state index in [1.807, 2.05) is 18.2 Å². The zero-order valence-electron chi connectivity index (χ0n) is 17.7. The van der Waals surface area contributed by atoms with Crippen LogP contribution in [0.4, 0.5) is 0 Å². The van der Waals surface area contributed by atoms with E-state index in [1.165, 1.54) is 25.7 Å². The zero-order valence-corrected chi connectivity index (χ0v) is 17.7. The molecule has 1 aliphatic carbocycles. The molecule has 1 amide bonds. The third-order valence-electron chi connectivity index (χ3n) is 6.62. The molecule has 0 bridgehead atoms. The number of nitrogens with zero attached hydrogens (tertiary/aromatic N) is 2. The molecule has 5 nitrogen and oxygen atoms in total. The van der Waals surface area contributed by atoms with Gasteiger partial charge in [-0.25, -0.2) is 0 Å². The van der Waals surface area contributed by atoms with Gasteiger partial charge in [0, 0.05) is 30.7 Å². The second-order valence-corrected chi connectivity index (χ2v) is 8.79. The Bertz CT molecular complexity index is 708. The van der Waals surface area contributed by atoms with Crippen LogP contribution in [0.1, 0.15) is 44.1 Å². The van der Waals surface area contributed by atoms with Crippen LogP contribution in [0.5, 0.6) is 5.75 Å². The van der Waals surface area contributed by atoms with E-state index in [4.69, 9.17) is 4.74 Å². The molecule has 29 heavy (non-hydrogen) atoms. The standard InChI is InChI=1S/C24H35N3O2/c1-29-23-9-3-2-6-19(23)7-4-14-26-16-12-22(13-17-26)27-15-5-8-20(18-27)24(28)25-21-10-11-21/h2-4,6-7,9,20-22H,5,8,10-18H2,1H3,(H,25,28)/b7-4+/t20-/m0/s1. The lowest BCUT2D eigenvalue weighted by atomic mass is 9.93. The molecule has 2 saturated heterocycles. The minimum absolute atomic E-state index is 0.200. The Morgan fingerprint density at radius 1 is 1.14 bits per heavy atom. The average molecular weight is 398 g/mol. The van der Waals surface area contributed by atoms with Crippen molar-refractivity contribution in [3.8, 4) is 5.75 Å². The minimum atomic E-state index is 0.200. The number of para-hydroxylation sites is 1. The topological polar surface area (TPSA) is 44.8 Å². The van der Waals surface area contributed by atoms with Gasteiger partial charge in [0.1, 0.15) is 5.75 Å². The summed E-state index contributed by atoms with van der Waals surface area (Å²) in [6.45, 7) is 5.37. The molecule has 1 N–H and O–H groups in total. The average Bonchev–Trinajstić information content (AvgIpc) is 3.59. The first-order valence-corrected chi connectivity index (χ1v) is 11.3. The van der Waals surface area contributed by atoms with Gasteiger partial charge in [-0.3, -0.25) is 14.6 Å². The minimum Gasteiger partial charge on any atom is -0.496 e. The highest BCUT2D eigenvalue weighted by atomic mass is 16.5. The number of amides is 1. The summed E-state index contributed by atoms with van der Waals surface area (Å²) in [5.41, 5.74) is 1.13. The van der Waals surface area contributed by atoms with Crippen molar-refractivity contribution in [2.45, 2.75) is 50.6 Å². The number of piperidine rings is 2. The molecule has 1 aromatic carbocycles. The molecule has 1 atom stereocenters. The molecule has 3 aliphatic rings. The van der Waals surface area contributed by atoms with Crippen LogP contribution in [0.15, 0.2) is 30.3 Å². The number of benzene rings is 1. The number of ether oxygens (including phenoxy) is 1. The molecule has 2 heterocycles. The fraction of sp³-hybridized carbons (Fsp3) is 0.625. The number of hydrogen-bond acceptors (Lipinski definition) is 4. The molecule has 2 aliphatic heterocycles. The van der Waals surface area contributed by atoms with E-state index in [0.717, 1.165) is 56.9 Å². The Labute approximate surface area is 175 Å². The van der Waals surface area contributed by atoms with Crippen molar-refractivity contribution in [3.05, 3.63) is 35.9 Å². The molecular formula is C24H35N3O2. The number of carbonyl (C=O) groups is 1. The highest BCUT2D eigenvalue weighted by molar-refractivity contribution is 5.79. The normalized spacial score (nSPS) is 24.7. The van der Waals surface area contributed by atoms with Gasteiger partial charge in [0.15, 0.2) is 0 Å². The summed E-state index contributed by atoms with van der Waals surface area (Å²) < 4.78 is 5.42. The molecule has 5 heteroatoms. The smallest absolute Gasteiger partial charge is 0.224 e. The largest absolute Gasteiger partial charge is 0.496 e. The van der Waals surface area contributed by atoms with Crippen molar-refractivity contribution < 1.29 is 9.53 Å². The highest BCUT2D eigenvalue weighted by Crippen LogP contribution is 2.26. The predicted octanol–water partition coefficient (Wildman–Crippen LogP) is 3.16. The number of likely N-dealkylation sites (tertiary alicyclic amines) is 2. The third kappa shape index (κ3) is 5.61. The van der Waals surface area contributed by atoms with Crippen LogP contribution < -0.4 is 10.1 Å². The van der Waals surface area contributed by atoms with Gasteiger partial charge in [0.05, 0.1) is 13.0 Å². The quantitative estimate of drug-likeness (QED) is 0.768. The number of rotatable bonds is 7. The van der Waals surface area contributed by atoms with Crippen molar-refractivity contribution in [2.75, 3.05) is 39.8 Å². The fourth-order valence-electron chi connectivity index (χ4n) is 4.70. The van der Waals surface area contributed by atoms with Crippen molar-refractivity contribution in [1.82, 2.24) is 15.1 Å². The van der Waals surface area contributed by atoms with Gasteiger partial charge in [-0.1, -0.05) is 30.4 Å². The van der Waals surface area contributed by atoms with Gasteiger partial charge in [-0.2, -0.15) is 0 Å². The molecule has 158 valence electrons. The maximum absolute atomic E-state index is 12.4. The Morgan fingerprint density at radius 3 is 2.69 bits per heavy atom. The van der Waals surface area contributed by atoms with E-state index < -0.39 is 0 Å². The number of nitrogens with one attached hydrogen (secondary N) is 1. The fourth-order valence-corrected chi connectivity index (χ4v) is 4.70. The second kappa shape index (κ2) is 9.77. The highest BCUT2D eigenvalue weighted by Gasteiger charge is 2.33. The van der Waals surface area contributed by atoms with Crippen LogP contribution in [-0.2, 0) is 4.79 Å². The molecule has 3 fully saturated rings. The van der Waals surface area contributed by atoms with Crippen LogP contribution in [0.25, 0.3) is 6.08 Å². The van der Waals surface area contributed by atoms with Crippen LogP contribution in [0, 0.1) is 5.92 Å². The molecule has 0 radical (unpaired) electrons. The molecule has 4 rings (SSSR count). The lowest BCUT2D eigenvalue weighted by Crippen LogP contribution is -2.51. The third-order valence-corrected chi connectivity index (χ3v) is 6.62. The SMILES string of the molecule is COc1ccccc1/C=C/CN1CCC(N2CCC[C@H](C(=O)NC3CC3)C2)CC1. The van der Waals surface area contributed by atoms with Crippen LogP contribution >= 0.6 is 0 Å². The van der Waals surface area contributed by atoms with Crippen LogP contribution in [-0.4, -0.2) is 67.6 Å². The summed E-state index contributed by atoms with van der Waals surface area (Å²) in [6, 6.07) is 9.26. The zero-order chi connectivity index (χ0) is 20.1. The summed E-state index contributed by atoms with van der Waals surface area (Å²) in [4.78, 5) is 17.6. The van der Waals surface area contributed by atoms with Gasteiger partial charge < -0.3 is 10.1 Å². The molecule has 1 saturated carbocycles. The summed E-state index contributed by atoms with van der Waals surface area (Å²) in [7, 11) is 1.72. The summed E-state index contributed by atoms with van der Waals surface area (Å²) in [5.74, 6) is 1.43. The van der Waals surface area contributed by atoms with E-state index in [0.29, 0.717) is 18.0 Å². The summed E-state index contributed by atoms with van der Waals surface area (Å²) in [5, 5.41) is 3.21. The van der Waals surface area contributed by atoms with Gasteiger partial charge in [-0.05, 0) is 64.2 Å². The van der Waals surface area contributed by atoms with Crippen molar-refractivity contribution in [1.29, 1.82) is 0 Å². The summed E-state index contributed by atoms with van der Waals surface area (Å²) in [6.07, 6.45) is 11.4. The lowest BCUT2D eigenvalue weighted by molar-refractivity contribution is -0.127. The van der Waals surface area contributed by atoms with Gasteiger partial charge >= 0.3 is 0 Å². The van der Waals surface area contributed by atoms with Gasteiger partial charge in [0.2, 0.25) is 5.91 Å². The van der Waals surface area contributed by atoms with E-state index in [-0.39, 0.29) is 5.92 Å². The Balaban J connectivity index is 1.21. The van der Waals surface area contributed by atoms with Gasteiger partial charge in [-0.15, -0.1) is 0 Å². The Kier molecular flexibility index (Phi) is 6.88. The maximum atomic E-state index is 12.4. The monoisotopic (exact) mass is 397 g/mol. The first-order chi connectivity index (χ1) is 14.2. The van der Waals surface area contributed by atoms with Crippen molar-refractivity contribution in [3.63, 3.8) is 0 Å². The number of hydrogen-bond donors (Lipinski definition) is 1. The van der Waals surface area contributed by atoms with E-state index in [2.05, 4.69) is 33.3 Å². The first kappa shape index (κ1) is 20.4. The molecule has 1 aromatic rings. The maximum Gasteiger partial charge on any atom is 0.224 e. The lowest BCUT2D eigenvalue weighted by Gasteiger charge is -2.41. The predicted molar refractivity (Wildman–Crippen MR) is 117 cm³/mol. The van der Waals surface area contributed by atoms with Crippen molar-refractivity contribution in [2.24, 2.45) is 5.92 Å². The number of carbonyl (C=O) groups excluding carboxylic acids is 1. The van der Waals surface area contributed by atoms with Crippen LogP contribution in [0.2, 0.25) is 0 Å². The number of methoxy groups -OCH3 is 1. The first-order valence-electron chi connectivity index (χ1n) is 11.3. The molecule has 0 unspecified atom stereocenters. The second-order valence-electron chi connectivity index (χ2n) is 8.79. The molecular weight excluding hydrogens is 362 g/mol. The van der Waals surface area contributed by atoms with E-state index in [1.54, 1.807) is 7.11 Å². The van der Waals surface area contributed by atoms with E-state index in [9.17, 15) is 4.79 Å². The van der Waals surface area contributed by atoms with Gasteiger partial charge in [0.25, 0.3) is 0 Å². The molecule has 0 aromatic heterocycles. The molecule has 0 spiro atoms. The van der Waals surface area contributed by atoms with Crippen LogP contribution in [0.3, 0.4) is 0 Å². The van der Waals surface area contributed by atoms with E-state index >= 15 is 0 Å². The Morgan fingerprint density at radius 2 is 1.93 bits per heavy atom.